The molecule has 0 unspecified atom stereocenters. The van der Waals surface area contributed by atoms with Gasteiger partial charge in [0.05, 0.1) is 37.0 Å². The molecule has 3 aromatic rings. The van der Waals surface area contributed by atoms with Crippen molar-refractivity contribution >= 4 is 16.9 Å². The van der Waals surface area contributed by atoms with Crippen molar-refractivity contribution in [1.82, 2.24) is 24.8 Å². The van der Waals surface area contributed by atoms with Crippen molar-refractivity contribution in [3.63, 3.8) is 0 Å². The summed E-state index contributed by atoms with van der Waals surface area (Å²) in [6.07, 6.45) is 4.46. The van der Waals surface area contributed by atoms with Crippen LogP contribution >= 0.6 is 0 Å². The normalized spacial score (nSPS) is 16.4. The number of imidazole rings is 1. The number of rotatable bonds is 4. The highest BCUT2D eigenvalue weighted by Crippen LogP contribution is 2.28. The van der Waals surface area contributed by atoms with Gasteiger partial charge in [-0.05, 0) is 12.1 Å². The fourth-order valence-corrected chi connectivity index (χ4v) is 2.99. The van der Waals surface area contributed by atoms with Crippen molar-refractivity contribution in [3.8, 4) is 5.75 Å². The van der Waals surface area contributed by atoms with Crippen molar-refractivity contribution in [2.75, 3.05) is 20.3 Å². The lowest BCUT2D eigenvalue weighted by molar-refractivity contribution is 0.0552. The highest BCUT2D eigenvalue weighted by Gasteiger charge is 2.25. The van der Waals surface area contributed by atoms with Crippen molar-refractivity contribution in [1.29, 1.82) is 0 Å². The number of hydrogen-bond acceptors (Lipinski definition) is 6. The Hall–Kier alpha value is -3.00. The van der Waals surface area contributed by atoms with Crippen LogP contribution in [0.15, 0.2) is 36.8 Å². The molecular weight excluding hydrogens is 322 g/mol. The minimum Gasteiger partial charge on any atom is -0.497 e. The van der Waals surface area contributed by atoms with E-state index >= 15 is 0 Å². The number of methoxy groups -OCH3 is 1. The standard InChI is InChI=1S/C17H17N5O3/c1-24-12-2-3-13-15(6-12)22-11(9-25-10-16(22)21-13)7-20-17(23)14-8-18-4-5-19-14/h2-6,8,11H,7,9-10H2,1H3,(H,20,23)/t11-/m0/s1. The van der Waals surface area contributed by atoms with E-state index in [-0.39, 0.29) is 17.6 Å². The predicted molar refractivity (Wildman–Crippen MR) is 89.3 cm³/mol. The second-order valence-corrected chi connectivity index (χ2v) is 5.72. The summed E-state index contributed by atoms with van der Waals surface area (Å²) < 4.78 is 13.1. The molecule has 1 aromatic carbocycles. The summed E-state index contributed by atoms with van der Waals surface area (Å²) in [6.45, 7) is 1.35. The molecule has 2 aromatic heterocycles. The van der Waals surface area contributed by atoms with Crippen LogP contribution < -0.4 is 10.1 Å². The molecule has 1 aliphatic rings. The number of nitrogens with zero attached hydrogens (tertiary/aromatic N) is 4. The second kappa shape index (κ2) is 6.48. The van der Waals surface area contributed by atoms with Crippen LogP contribution in [0.5, 0.6) is 5.75 Å². The molecule has 1 aliphatic heterocycles. The summed E-state index contributed by atoms with van der Waals surface area (Å²) in [7, 11) is 1.64. The lowest BCUT2D eigenvalue weighted by Gasteiger charge is -2.26. The Morgan fingerprint density at radius 3 is 3.16 bits per heavy atom. The van der Waals surface area contributed by atoms with Crippen LogP contribution in [-0.2, 0) is 11.3 Å². The largest absolute Gasteiger partial charge is 0.497 e. The Morgan fingerprint density at radius 2 is 2.36 bits per heavy atom. The zero-order valence-electron chi connectivity index (χ0n) is 13.7. The van der Waals surface area contributed by atoms with Crippen molar-refractivity contribution in [2.24, 2.45) is 0 Å². The molecule has 4 rings (SSSR count). The van der Waals surface area contributed by atoms with Gasteiger partial charge in [0.15, 0.2) is 0 Å². The summed E-state index contributed by atoms with van der Waals surface area (Å²) in [5.41, 5.74) is 2.14. The van der Waals surface area contributed by atoms with E-state index < -0.39 is 0 Å². The Morgan fingerprint density at radius 1 is 1.44 bits per heavy atom. The van der Waals surface area contributed by atoms with Gasteiger partial charge in [-0.2, -0.15) is 0 Å². The first-order valence-electron chi connectivity index (χ1n) is 7.93. The molecule has 0 saturated heterocycles. The number of hydrogen-bond donors (Lipinski definition) is 1. The van der Waals surface area contributed by atoms with E-state index in [2.05, 4.69) is 24.8 Å². The SMILES string of the molecule is COc1ccc2nc3n(c2c1)[C@@H](CNC(=O)c1cnccn1)COC3. The summed E-state index contributed by atoms with van der Waals surface area (Å²) in [6, 6.07) is 5.71. The van der Waals surface area contributed by atoms with Gasteiger partial charge in [-0.3, -0.25) is 9.78 Å². The molecule has 8 heteroatoms. The number of fused-ring (bicyclic) bond motifs is 3. The van der Waals surface area contributed by atoms with E-state index in [1.54, 1.807) is 7.11 Å². The highest BCUT2D eigenvalue weighted by atomic mass is 16.5. The van der Waals surface area contributed by atoms with Crippen LogP contribution in [0.1, 0.15) is 22.4 Å². The number of carbonyl (C=O) groups excluding carboxylic acids is 1. The molecule has 0 spiro atoms. The van der Waals surface area contributed by atoms with Gasteiger partial charge in [-0.15, -0.1) is 0 Å². The Kier molecular flexibility index (Phi) is 4.02. The number of aromatic nitrogens is 4. The van der Waals surface area contributed by atoms with E-state index in [0.29, 0.717) is 19.8 Å². The van der Waals surface area contributed by atoms with Crippen LogP contribution in [0, 0.1) is 0 Å². The minimum absolute atomic E-state index is 0.0542. The summed E-state index contributed by atoms with van der Waals surface area (Å²) in [5, 5.41) is 2.89. The van der Waals surface area contributed by atoms with Crippen molar-refractivity contribution in [2.45, 2.75) is 12.6 Å². The van der Waals surface area contributed by atoms with E-state index in [1.165, 1.54) is 18.6 Å². The number of benzene rings is 1. The van der Waals surface area contributed by atoms with Crippen LogP contribution in [0.25, 0.3) is 11.0 Å². The average molecular weight is 339 g/mol. The lowest BCUT2D eigenvalue weighted by Crippen LogP contribution is -2.36. The minimum atomic E-state index is -0.262. The van der Waals surface area contributed by atoms with E-state index in [4.69, 9.17) is 9.47 Å². The number of carbonyl (C=O) groups is 1. The Balaban J connectivity index is 1.59. The third-order valence-corrected chi connectivity index (χ3v) is 4.17. The molecular formula is C17H17N5O3. The van der Waals surface area contributed by atoms with E-state index in [0.717, 1.165) is 22.6 Å². The van der Waals surface area contributed by atoms with Gasteiger partial charge in [0.25, 0.3) is 5.91 Å². The monoisotopic (exact) mass is 339 g/mol. The smallest absolute Gasteiger partial charge is 0.271 e. The van der Waals surface area contributed by atoms with Crippen molar-refractivity contribution in [3.05, 3.63) is 48.3 Å². The maximum Gasteiger partial charge on any atom is 0.271 e. The van der Waals surface area contributed by atoms with E-state index in [1.807, 2.05) is 18.2 Å². The van der Waals surface area contributed by atoms with Crippen molar-refractivity contribution < 1.29 is 14.3 Å². The second-order valence-electron chi connectivity index (χ2n) is 5.72. The molecule has 1 N–H and O–H groups in total. The number of nitrogens with one attached hydrogen (secondary N) is 1. The zero-order chi connectivity index (χ0) is 17.2. The number of amides is 1. The van der Waals surface area contributed by atoms with Gasteiger partial charge in [-0.1, -0.05) is 0 Å². The maximum atomic E-state index is 12.2. The lowest BCUT2D eigenvalue weighted by atomic mass is 10.2. The molecule has 1 amide bonds. The molecule has 0 bridgehead atoms. The fraction of sp³-hybridized carbons (Fsp3) is 0.294. The quantitative estimate of drug-likeness (QED) is 0.771. The van der Waals surface area contributed by atoms with Gasteiger partial charge < -0.3 is 19.4 Å². The fourth-order valence-electron chi connectivity index (χ4n) is 2.99. The first-order valence-corrected chi connectivity index (χ1v) is 7.93. The molecule has 128 valence electrons. The topological polar surface area (TPSA) is 91.2 Å². The molecule has 25 heavy (non-hydrogen) atoms. The Bertz CT molecular complexity index is 909. The maximum absolute atomic E-state index is 12.2. The van der Waals surface area contributed by atoms with Gasteiger partial charge in [0.1, 0.15) is 23.9 Å². The van der Waals surface area contributed by atoms with Crippen LogP contribution in [0.3, 0.4) is 0 Å². The Labute approximate surface area is 143 Å². The van der Waals surface area contributed by atoms with Crippen LogP contribution in [0.2, 0.25) is 0 Å². The summed E-state index contributed by atoms with van der Waals surface area (Å²) in [5.74, 6) is 1.35. The van der Waals surface area contributed by atoms with Gasteiger partial charge >= 0.3 is 0 Å². The van der Waals surface area contributed by atoms with Crippen LogP contribution in [-0.4, -0.2) is 45.7 Å². The van der Waals surface area contributed by atoms with Gasteiger partial charge in [-0.25, -0.2) is 9.97 Å². The predicted octanol–water partition coefficient (Wildman–Crippen LogP) is 1.34. The third-order valence-electron chi connectivity index (χ3n) is 4.17. The van der Waals surface area contributed by atoms with Crippen LogP contribution in [0.4, 0.5) is 0 Å². The summed E-state index contributed by atoms with van der Waals surface area (Å²) in [4.78, 5) is 24.7. The number of ether oxygens (including phenoxy) is 2. The average Bonchev–Trinajstić information content (AvgIpc) is 3.05. The van der Waals surface area contributed by atoms with Gasteiger partial charge in [0, 0.05) is 25.0 Å². The molecule has 1 atom stereocenters. The highest BCUT2D eigenvalue weighted by molar-refractivity contribution is 5.91. The molecule has 0 radical (unpaired) electrons. The molecule has 8 nitrogen and oxygen atoms in total. The van der Waals surface area contributed by atoms with E-state index in [9.17, 15) is 4.79 Å². The third kappa shape index (κ3) is 2.91. The molecule has 0 fully saturated rings. The molecule has 3 heterocycles. The molecule has 0 saturated carbocycles. The first kappa shape index (κ1) is 15.5. The summed E-state index contributed by atoms with van der Waals surface area (Å²) >= 11 is 0. The first-order chi connectivity index (χ1) is 12.3. The zero-order valence-corrected chi connectivity index (χ0v) is 13.7. The van der Waals surface area contributed by atoms with Gasteiger partial charge in [0.2, 0.25) is 0 Å². The molecule has 0 aliphatic carbocycles.